The van der Waals surface area contributed by atoms with E-state index < -0.39 is 58.5 Å². The van der Waals surface area contributed by atoms with Crippen LogP contribution in [0.3, 0.4) is 0 Å². The second-order valence-electron chi connectivity index (χ2n) is 20.0. The van der Waals surface area contributed by atoms with Crippen molar-refractivity contribution < 1.29 is 56.5 Å². The van der Waals surface area contributed by atoms with Gasteiger partial charge in [0.15, 0.2) is 0 Å². The Morgan fingerprint density at radius 1 is 0.678 bits per heavy atom. The Morgan fingerprint density at radius 2 is 1.14 bits per heavy atom. The summed E-state index contributed by atoms with van der Waals surface area (Å²) in [4.78, 5) is 0. The van der Waals surface area contributed by atoms with Crippen LogP contribution in [-0.2, 0) is 55.1 Å². The van der Waals surface area contributed by atoms with E-state index in [9.17, 15) is 0 Å². The van der Waals surface area contributed by atoms with Gasteiger partial charge >= 0.3 is 0 Å². The molecule has 59 heavy (non-hydrogen) atoms. The van der Waals surface area contributed by atoms with Gasteiger partial charge in [0.2, 0.25) is 7.51 Å². The van der Waals surface area contributed by atoms with E-state index in [1.807, 2.05) is 89.0 Å². The van der Waals surface area contributed by atoms with Crippen LogP contribution in [0.25, 0.3) is 0 Å². The lowest BCUT2D eigenvalue weighted by molar-refractivity contribution is -0.0950. The predicted molar refractivity (Wildman–Crippen MR) is 248 cm³/mol. The molecule has 0 aromatic carbocycles. The third-order valence-corrected chi connectivity index (χ3v) is 18.4. The van der Waals surface area contributed by atoms with Crippen LogP contribution in [0.15, 0.2) is 4.74 Å². The summed E-state index contributed by atoms with van der Waals surface area (Å²) in [5.41, 5.74) is -2.81. The molecule has 4 fully saturated rings. The first-order valence-electron chi connectivity index (χ1n) is 21.9. The van der Waals surface area contributed by atoms with Crippen LogP contribution in [0.4, 0.5) is 0 Å². The summed E-state index contributed by atoms with van der Waals surface area (Å²) in [5.74, 6) is 0.116. The Kier molecular flexibility index (Phi) is 16.2. The van der Waals surface area contributed by atoms with Gasteiger partial charge in [-0.2, -0.15) is 0 Å². The fourth-order valence-corrected chi connectivity index (χ4v) is 15.3. The minimum Gasteiger partial charge on any atom is -0.370 e. The summed E-state index contributed by atoms with van der Waals surface area (Å²) in [6.45, 7) is 34.8. The highest BCUT2D eigenvalue weighted by Crippen LogP contribution is 2.58. The van der Waals surface area contributed by atoms with Crippen molar-refractivity contribution in [1.82, 2.24) is 0 Å². The molecular formula is C42H83NO12P4. The Bertz CT molecular complexity index is 1680. The zero-order chi connectivity index (χ0) is 45.7. The van der Waals surface area contributed by atoms with Gasteiger partial charge in [0, 0.05) is 59.3 Å². The third kappa shape index (κ3) is 13.4. The Labute approximate surface area is 360 Å². The molecule has 0 bridgehead atoms. The number of hydrogen-bond donors (Lipinski definition) is 0. The zero-order valence-electron chi connectivity index (χ0n) is 40.7. The molecule has 4 heterocycles. The molecule has 4 saturated heterocycles. The molecule has 4 rings (SSSR count). The van der Waals surface area contributed by atoms with Crippen molar-refractivity contribution in [2.45, 2.75) is 181 Å². The molecule has 0 aliphatic carbocycles. The highest BCUT2D eigenvalue weighted by atomic mass is 31.2. The van der Waals surface area contributed by atoms with Gasteiger partial charge in [-0.1, -0.05) is 39.7 Å². The quantitative estimate of drug-likeness (QED) is 0.122. The standard InChI is InChI=1S/C42H83NO12P4/c1-27-23-34(51-58(20,21)55-39(8,9)10)35(47-27)24-44-59(22,43-15)54-38-30(4)33(7)50-42(38,14)26-46-57(18,19)53-37-29(3)32(6)49-41(37,13)25-45-56(16,17)52-36-28(2)31(5)48-40(36,11)12/h27-38H,16,18,20,23-26H2,1-15,17,19,21-22H3/i11T. The number of hydrogen-bond acceptors (Lipinski definition) is 13. The second kappa shape index (κ2) is 18.9. The number of rotatable bonds is 18. The van der Waals surface area contributed by atoms with Crippen LogP contribution in [-0.4, -0.2) is 150 Å². The second-order valence-corrected chi connectivity index (χ2v) is 29.9. The first-order valence-corrected chi connectivity index (χ1v) is 30.0. The van der Waals surface area contributed by atoms with Crippen LogP contribution in [0.5, 0.6) is 0 Å². The normalized spacial score (nSPS) is 44.7. The molecule has 17 heteroatoms. The van der Waals surface area contributed by atoms with Crippen LogP contribution in [0.1, 0.15) is 105 Å². The van der Waals surface area contributed by atoms with Crippen LogP contribution < -0.4 is 0 Å². The highest BCUT2D eigenvalue weighted by molar-refractivity contribution is 7.64. The van der Waals surface area contributed by atoms with Gasteiger partial charge in [0.25, 0.3) is 0 Å². The van der Waals surface area contributed by atoms with E-state index in [2.05, 4.69) is 51.3 Å². The van der Waals surface area contributed by atoms with Crippen LogP contribution in [0.2, 0.25) is 0 Å². The third-order valence-electron chi connectivity index (χ3n) is 12.1. The van der Waals surface area contributed by atoms with Crippen LogP contribution >= 0.6 is 29.5 Å². The maximum absolute atomic E-state index is 8.18. The summed E-state index contributed by atoms with van der Waals surface area (Å²) in [6, 6.07) is 0. The lowest BCUT2D eigenvalue weighted by Crippen LogP contribution is -2.45. The summed E-state index contributed by atoms with van der Waals surface area (Å²) in [5, 5.41) is 0. The SMILES string of the molecule is [3H]CC1(C)OC(C)C(C)C1OP(=C)(C)OCC1(C)OC(C)C(C)C1OP(=C)(C)OCC1(C)OC(C)C(C)C1OP(C)(=NC)OCC1OC(C)CC1OP(=C)(C)OC(C)(C)C. The molecular weight excluding hydrogens is 834 g/mol. The maximum Gasteiger partial charge on any atom is 0.209 e. The number of nitrogens with zero attached hydrogens (tertiary/aromatic N) is 1. The van der Waals surface area contributed by atoms with Crippen molar-refractivity contribution in [2.24, 2.45) is 22.5 Å². The molecule has 0 aromatic rings. The van der Waals surface area contributed by atoms with Gasteiger partial charge in [-0.3, -0.25) is 4.74 Å². The zero-order valence-corrected chi connectivity index (χ0v) is 43.3. The minimum atomic E-state index is -2.78. The monoisotopic (exact) mass is 919 g/mol. The first-order chi connectivity index (χ1) is 27.2. The van der Waals surface area contributed by atoms with E-state index >= 15 is 0 Å². The molecule has 19 atom stereocenters. The lowest BCUT2D eigenvalue weighted by Gasteiger charge is -2.39. The average Bonchev–Trinajstić information content (AvgIpc) is 3.71. The van der Waals surface area contributed by atoms with E-state index in [4.69, 9.17) is 56.5 Å². The first kappa shape index (κ1) is 50.6. The smallest absolute Gasteiger partial charge is 0.209 e. The summed E-state index contributed by atoms with van der Waals surface area (Å²) in [6.07, 6.45) is 11.9. The molecule has 0 amide bonds. The summed E-state index contributed by atoms with van der Waals surface area (Å²) >= 11 is 0. The Morgan fingerprint density at radius 3 is 1.61 bits per heavy atom. The summed E-state index contributed by atoms with van der Waals surface area (Å²) < 4.78 is 91.4. The predicted octanol–water partition coefficient (Wildman–Crippen LogP) is 10.0. The van der Waals surface area contributed by atoms with E-state index in [1.54, 1.807) is 7.05 Å². The maximum atomic E-state index is 8.18. The van der Waals surface area contributed by atoms with Crippen molar-refractivity contribution in [2.75, 3.05) is 53.5 Å². The van der Waals surface area contributed by atoms with Gasteiger partial charge < -0.3 is 55.1 Å². The summed E-state index contributed by atoms with van der Waals surface area (Å²) in [7, 11) is -8.78. The van der Waals surface area contributed by atoms with E-state index in [0.717, 1.165) is 0 Å². The van der Waals surface area contributed by atoms with Crippen molar-refractivity contribution in [3.63, 3.8) is 0 Å². The lowest BCUT2D eigenvalue weighted by atomic mass is 9.92. The molecule has 348 valence electrons. The van der Waals surface area contributed by atoms with Gasteiger partial charge in [-0.25, -0.2) is 0 Å². The molecule has 0 spiro atoms. The molecule has 4 aliphatic heterocycles. The van der Waals surface area contributed by atoms with Gasteiger partial charge in [0.1, 0.15) is 51.5 Å². The number of ether oxygens (including phenoxy) is 4. The highest BCUT2D eigenvalue weighted by Gasteiger charge is 2.55. The molecule has 0 saturated carbocycles. The fourth-order valence-electron chi connectivity index (χ4n) is 8.75. The molecule has 19 unspecified atom stereocenters. The van der Waals surface area contributed by atoms with Gasteiger partial charge in [0.05, 0.1) is 67.6 Å². The van der Waals surface area contributed by atoms with E-state index in [1.165, 1.54) is 0 Å². The molecule has 0 radical (unpaired) electrons. The van der Waals surface area contributed by atoms with Crippen molar-refractivity contribution >= 4 is 48.4 Å². The van der Waals surface area contributed by atoms with E-state index in [-0.39, 0.29) is 92.8 Å². The minimum absolute atomic E-state index is 0.00238. The van der Waals surface area contributed by atoms with E-state index in [0.29, 0.717) is 6.42 Å². The molecule has 13 nitrogen and oxygen atoms in total. The molecule has 0 N–H and O–H groups in total. The fraction of sp³-hybridized carbons (Fsp3) is 0.929. The van der Waals surface area contributed by atoms with Crippen molar-refractivity contribution in [3.8, 4) is 0 Å². The topological polar surface area (TPSA) is 123 Å². The van der Waals surface area contributed by atoms with Gasteiger partial charge in [-0.15, -0.1) is 0 Å². The van der Waals surface area contributed by atoms with Crippen molar-refractivity contribution in [1.29, 1.82) is 0 Å². The average molecular weight is 920 g/mol. The Balaban J connectivity index is 1.42. The Hall–Kier alpha value is 0.650. The molecule has 4 aliphatic rings. The largest absolute Gasteiger partial charge is 0.370 e. The van der Waals surface area contributed by atoms with Crippen LogP contribution in [0, 0.1) is 17.8 Å². The van der Waals surface area contributed by atoms with Gasteiger partial charge in [-0.05, 0) is 76.1 Å². The van der Waals surface area contributed by atoms with Crippen molar-refractivity contribution in [3.05, 3.63) is 0 Å². The molecule has 0 aromatic heterocycles.